The minimum absolute atomic E-state index is 0.623. The fraction of sp³-hybridized carbons (Fsp3) is 0.167. The molecule has 0 fully saturated rings. The Morgan fingerprint density at radius 3 is 1.58 bits per heavy atom. The second-order valence-electron chi connectivity index (χ2n) is 4.70. The van der Waals surface area contributed by atoms with Crippen molar-refractivity contribution in [3.63, 3.8) is 0 Å². The van der Waals surface area contributed by atoms with Crippen LogP contribution in [0.4, 0.5) is 0 Å². The molecule has 12 heteroatoms. The Kier molecular flexibility index (Phi) is 3.82. The van der Waals surface area contributed by atoms with Crippen LogP contribution >= 0.6 is 23.5 Å². The molecule has 0 N–H and O–H groups in total. The normalized spacial score (nSPS) is 11.2. The topological polar surface area (TPSA) is 113 Å². The maximum absolute atomic E-state index is 4.69. The Balaban J connectivity index is 1.81. The molecule has 0 saturated heterocycles. The summed E-state index contributed by atoms with van der Waals surface area (Å²) in [5.74, 6) is 0. The molecule has 0 unspecified atom stereocenters. The first-order valence-electron chi connectivity index (χ1n) is 6.78. The smallest absolute Gasteiger partial charge is 0.215 e. The van der Waals surface area contributed by atoms with Crippen LogP contribution in [0.25, 0.3) is 11.0 Å². The summed E-state index contributed by atoms with van der Waals surface area (Å²) in [6, 6.07) is 7.68. The molecule has 0 aliphatic heterocycles. The molecule has 3 heterocycles. The van der Waals surface area contributed by atoms with Crippen LogP contribution in [-0.4, -0.2) is 50.4 Å². The number of nitrogens with zero attached hydrogens (tertiary/aromatic N) is 10. The molecule has 0 atom stereocenters. The third-order valence-electron chi connectivity index (χ3n) is 3.05. The van der Waals surface area contributed by atoms with E-state index >= 15 is 0 Å². The quantitative estimate of drug-likeness (QED) is 0.523. The van der Waals surface area contributed by atoms with E-state index in [0.29, 0.717) is 20.4 Å². The Morgan fingerprint density at radius 2 is 1.21 bits per heavy atom. The van der Waals surface area contributed by atoms with E-state index in [1.165, 1.54) is 23.5 Å². The predicted molar refractivity (Wildman–Crippen MR) is 85.4 cm³/mol. The van der Waals surface area contributed by atoms with Gasteiger partial charge in [-0.2, -0.15) is 0 Å². The van der Waals surface area contributed by atoms with Gasteiger partial charge in [-0.1, -0.05) is 12.1 Å². The van der Waals surface area contributed by atoms with E-state index in [9.17, 15) is 0 Å². The molecule has 4 aromatic rings. The summed E-state index contributed by atoms with van der Waals surface area (Å²) in [7, 11) is 3.55. The first kappa shape index (κ1) is 15.0. The summed E-state index contributed by atoms with van der Waals surface area (Å²) < 4.78 is 3.17. The largest absolute Gasteiger partial charge is 0.236 e. The highest BCUT2D eigenvalue weighted by Gasteiger charge is 2.17. The van der Waals surface area contributed by atoms with Crippen molar-refractivity contribution in [3.05, 3.63) is 24.3 Å². The lowest BCUT2D eigenvalue weighted by Crippen LogP contribution is -1.98. The van der Waals surface area contributed by atoms with Gasteiger partial charge in [0.15, 0.2) is 0 Å². The average molecular weight is 358 g/mol. The zero-order valence-corrected chi connectivity index (χ0v) is 14.2. The third-order valence-corrected chi connectivity index (χ3v) is 5.19. The minimum atomic E-state index is 0.623. The monoisotopic (exact) mass is 358 g/mol. The van der Waals surface area contributed by atoms with Crippen LogP contribution in [0.15, 0.2) is 44.6 Å². The zero-order valence-electron chi connectivity index (χ0n) is 12.6. The molecule has 0 spiro atoms. The van der Waals surface area contributed by atoms with Crippen LogP contribution in [0, 0.1) is 0 Å². The molecule has 10 nitrogen and oxygen atoms in total. The highest BCUT2D eigenvalue weighted by atomic mass is 32.2. The second-order valence-corrected chi connectivity index (χ2v) is 6.61. The molecule has 0 aliphatic carbocycles. The molecule has 3 aromatic heterocycles. The Hall–Kier alpha value is -2.60. The van der Waals surface area contributed by atoms with E-state index in [-0.39, 0.29) is 0 Å². The maximum atomic E-state index is 4.69. The molecule has 0 bridgehead atoms. The van der Waals surface area contributed by atoms with Crippen molar-refractivity contribution in [3.8, 4) is 0 Å². The molecule has 0 radical (unpaired) electrons. The van der Waals surface area contributed by atoms with Crippen LogP contribution < -0.4 is 0 Å². The molecule has 0 amide bonds. The summed E-state index contributed by atoms with van der Waals surface area (Å²) in [6.45, 7) is 0. The second kappa shape index (κ2) is 6.13. The first-order valence-corrected chi connectivity index (χ1v) is 8.41. The van der Waals surface area contributed by atoms with Gasteiger partial charge in [0.05, 0.1) is 11.0 Å². The van der Waals surface area contributed by atoms with Crippen LogP contribution in [0.3, 0.4) is 0 Å². The van der Waals surface area contributed by atoms with Gasteiger partial charge in [0, 0.05) is 14.1 Å². The summed E-state index contributed by atoms with van der Waals surface area (Å²) in [6.07, 6.45) is 0. The highest BCUT2D eigenvalue weighted by Crippen LogP contribution is 2.35. The maximum Gasteiger partial charge on any atom is 0.215 e. The van der Waals surface area contributed by atoms with Gasteiger partial charge in [-0.15, -0.1) is 10.2 Å². The minimum Gasteiger partial charge on any atom is -0.236 e. The average Bonchev–Trinajstić information content (AvgIpc) is 3.17. The van der Waals surface area contributed by atoms with E-state index < -0.39 is 0 Å². The van der Waals surface area contributed by atoms with E-state index in [1.54, 1.807) is 23.5 Å². The lowest BCUT2D eigenvalue weighted by molar-refractivity contribution is 0.662. The first-order chi connectivity index (χ1) is 11.7. The summed E-state index contributed by atoms with van der Waals surface area (Å²) in [5.41, 5.74) is 1.60. The number of tetrazole rings is 2. The number of rotatable bonds is 4. The van der Waals surface area contributed by atoms with Crippen molar-refractivity contribution < 1.29 is 0 Å². The van der Waals surface area contributed by atoms with Crippen LogP contribution in [-0.2, 0) is 14.1 Å². The Bertz CT molecular complexity index is 929. The number of para-hydroxylation sites is 2. The van der Waals surface area contributed by atoms with E-state index in [0.717, 1.165) is 11.0 Å². The van der Waals surface area contributed by atoms with Gasteiger partial charge in [-0.25, -0.2) is 19.3 Å². The summed E-state index contributed by atoms with van der Waals surface area (Å²) in [5, 5.41) is 25.6. The Morgan fingerprint density at radius 1 is 0.750 bits per heavy atom. The van der Waals surface area contributed by atoms with Gasteiger partial charge in [0.2, 0.25) is 10.3 Å². The number of hydrogen-bond acceptors (Lipinski definition) is 10. The number of fused-ring (bicyclic) bond motifs is 1. The lowest BCUT2D eigenvalue weighted by atomic mass is 10.3. The summed E-state index contributed by atoms with van der Waals surface area (Å²) in [4.78, 5) is 9.39. The van der Waals surface area contributed by atoms with Crippen LogP contribution in [0.1, 0.15) is 0 Å². The van der Waals surface area contributed by atoms with Gasteiger partial charge >= 0.3 is 0 Å². The van der Waals surface area contributed by atoms with Crippen molar-refractivity contribution in [1.29, 1.82) is 0 Å². The molecule has 0 aliphatic rings. The van der Waals surface area contributed by atoms with Gasteiger partial charge < -0.3 is 0 Å². The SMILES string of the molecule is Cn1nnnc1Sc1nc2ccccc2nc1Sc1nnnn1C. The third kappa shape index (κ3) is 2.80. The molecular weight excluding hydrogens is 348 g/mol. The van der Waals surface area contributed by atoms with Gasteiger partial charge in [0.1, 0.15) is 10.1 Å². The van der Waals surface area contributed by atoms with Gasteiger partial charge in [-0.3, -0.25) is 0 Å². The van der Waals surface area contributed by atoms with Crippen molar-refractivity contribution >= 4 is 34.6 Å². The van der Waals surface area contributed by atoms with E-state index in [4.69, 9.17) is 9.97 Å². The molecule has 1 aromatic carbocycles. The van der Waals surface area contributed by atoms with E-state index in [2.05, 4.69) is 31.1 Å². The number of aromatic nitrogens is 10. The van der Waals surface area contributed by atoms with Crippen molar-refractivity contribution in [2.45, 2.75) is 20.4 Å². The molecule has 0 saturated carbocycles. The molecule has 120 valence electrons. The van der Waals surface area contributed by atoms with Crippen molar-refractivity contribution in [1.82, 2.24) is 50.4 Å². The molecule has 24 heavy (non-hydrogen) atoms. The predicted octanol–water partition coefficient (Wildman–Crippen LogP) is 0.979. The standard InChI is InChI=1S/C12H10N10S2/c1-21-11(15-17-19-21)23-9-10(24-12-16-18-20-22(12)2)14-8-6-4-3-5-7(8)13-9/h3-6H,1-2H3. The van der Waals surface area contributed by atoms with E-state index in [1.807, 2.05) is 24.3 Å². The fourth-order valence-electron chi connectivity index (χ4n) is 1.89. The highest BCUT2D eigenvalue weighted by molar-refractivity contribution is 8.02. The van der Waals surface area contributed by atoms with Crippen LogP contribution in [0.2, 0.25) is 0 Å². The van der Waals surface area contributed by atoms with Crippen molar-refractivity contribution in [2.75, 3.05) is 0 Å². The van der Waals surface area contributed by atoms with Gasteiger partial charge in [-0.05, 0) is 56.5 Å². The number of hydrogen-bond donors (Lipinski definition) is 0. The zero-order chi connectivity index (χ0) is 16.5. The Labute approximate surface area is 144 Å². The lowest BCUT2D eigenvalue weighted by Gasteiger charge is -2.07. The molecule has 4 rings (SSSR count). The summed E-state index contributed by atoms with van der Waals surface area (Å²) >= 11 is 2.69. The van der Waals surface area contributed by atoms with Crippen molar-refractivity contribution in [2.24, 2.45) is 14.1 Å². The van der Waals surface area contributed by atoms with Gasteiger partial charge in [0.25, 0.3) is 0 Å². The number of benzene rings is 1. The molecular formula is C12H10N10S2. The fourth-order valence-corrected chi connectivity index (χ4v) is 3.53. The number of aryl methyl sites for hydroxylation is 2. The van der Waals surface area contributed by atoms with Crippen LogP contribution in [0.5, 0.6) is 0 Å².